The summed E-state index contributed by atoms with van der Waals surface area (Å²) in [5.41, 5.74) is 0.817. The summed E-state index contributed by atoms with van der Waals surface area (Å²) in [7, 11) is 1.64. The molecule has 1 aliphatic rings. The van der Waals surface area contributed by atoms with Crippen molar-refractivity contribution in [2.75, 3.05) is 6.54 Å². The number of fused-ring (bicyclic) bond motifs is 2. The third-order valence-electron chi connectivity index (χ3n) is 4.40. The smallest absolute Gasteiger partial charge is 0.345 e. The second-order valence-corrected chi connectivity index (χ2v) is 6.91. The average Bonchev–Trinajstić information content (AvgIpc) is 3.22. The van der Waals surface area contributed by atoms with Gasteiger partial charge in [0.25, 0.3) is 0 Å². The average molecular weight is 346 g/mol. The van der Waals surface area contributed by atoms with Gasteiger partial charge in [-0.15, -0.1) is 11.3 Å². The molecule has 4 heterocycles. The predicted molar refractivity (Wildman–Crippen MR) is 89.1 cm³/mol. The van der Waals surface area contributed by atoms with E-state index in [0.29, 0.717) is 25.9 Å². The first-order chi connectivity index (χ1) is 11.6. The van der Waals surface area contributed by atoms with Crippen molar-refractivity contribution in [1.82, 2.24) is 29.0 Å². The van der Waals surface area contributed by atoms with Crippen molar-refractivity contribution in [3.05, 3.63) is 39.8 Å². The molecule has 3 aromatic rings. The molecule has 4 rings (SSSR count). The second kappa shape index (κ2) is 5.90. The maximum atomic E-state index is 12.4. The number of rotatable bonds is 4. The second-order valence-electron chi connectivity index (χ2n) is 6.03. The highest BCUT2D eigenvalue weighted by atomic mass is 32.1. The van der Waals surface area contributed by atoms with Crippen molar-refractivity contribution in [1.29, 1.82) is 0 Å². The molecule has 0 unspecified atom stereocenters. The molecular weight excluding hydrogens is 328 g/mol. The fraction of sp³-hybridized carbons (Fsp3) is 0.467. The summed E-state index contributed by atoms with van der Waals surface area (Å²) in [4.78, 5) is 29.8. The Kier molecular flexibility index (Phi) is 3.72. The first-order valence-corrected chi connectivity index (χ1v) is 8.81. The van der Waals surface area contributed by atoms with Gasteiger partial charge in [0.05, 0.1) is 11.6 Å². The van der Waals surface area contributed by atoms with Crippen LogP contribution in [0.4, 0.5) is 0 Å². The quantitative estimate of drug-likeness (QED) is 0.732. The van der Waals surface area contributed by atoms with Gasteiger partial charge in [0.1, 0.15) is 5.82 Å². The van der Waals surface area contributed by atoms with Gasteiger partial charge in [-0.05, 0) is 6.42 Å². The molecule has 0 bridgehead atoms. The topological polar surface area (TPSA) is 86.2 Å². The van der Waals surface area contributed by atoms with Crippen molar-refractivity contribution in [3.63, 3.8) is 0 Å². The molecule has 126 valence electrons. The zero-order valence-electron chi connectivity index (χ0n) is 13.3. The summed E-state index contributed by atoms with van der Waals surface area (Å²) in [6.07, 6.45) is 6.04. The Labute approximate surface area is 141 Å². The van der Waals surface area contributed by atoms with Gasteiger partial charge in [-0.3, -0.25) is 13.8 Å². The Balaban J connectivity index is 1.34. The molecule has 1 amide bonds. The molecule has 0 spiro atoms. The molecule has 0 aromatic carbocycles. The lowest BCUT2D eigenvalue weighted by molar-refractivity contribution is -0.125. The lowest BCUT2D eigenvalue weighted by Crippen LogP contribution is -2.39. The van der Waals surface area contributed by atoms with Crippen LogP contribution in [0, 0.1) is 5.92 Å². The molecule has 8 nitrogen and oxygen atoms in total. The Hall–Kier alpha value is -2.42. The number of hydrogen-bond acceptors (Lipinski definition) is 5. The van der Waals surface area contributed by atoms with Crippen molar-refractivity contribution >= 4 is 22.2 Å². The summed E-state index contributed by atoms with van der Waals surface area (Å²) in [5, 5.41) is 9.15. The summed E-state index contributed by atoms with van der Waals surface area (Å²) in [5.74, 6) is 0.590. The number of thiazole rings is 1. The third kappa shape index (κ3) is 2.64. The minimum atomic E-state index is -0.176. The normalized spacial score (nSPS) is 17.1. The highest BCUT2D eigenvalue weighted by molar-refractivity contribution is 7.15. The zero-order chi connectivity index (χ0) is 16.7. The summed E-state index contributed by atoms with van der Waals surface area (Å²) in [6, 6.07) is 0. The monoisotopic (exact) mass is 346 g/mol. The molecule has 9 heteroatoms. The van der Waals surface area contributed by atoms with Crippen molar-refractivity contribution in [2.24, 2.45) is 13.0 Å². The highest BCUT2D eigenvalue weighted by Crippen LogP contribution is 2.17. The lowest BCUT2D eigenvalue weighted by Gasteiger charge is -2.21. The first kappa shape index (κ1) is 15.1. The largest absolute Gasteiger partial charge is 0.355 e. The Morgan fingerprint density at radius 3 is 3.21 bits per heavy atom. The van der Waals surface area contributed by atoms with Crippen LogP contribution in [0.15, 0.2) is 22.6 Å². The van der Waals surface area contributed by atoms with Crippen LogP contribution in [0.2, 0.25) is 0 Å². The molecule has 0 aliphatic carbocycles. The van der Waals surface area contributed by atoms with Crippen LogP contribution in [0.5, 0.6) is 0 Å². The molecule has 24 heavy (non-hydrogen) atoms. The maximum absolute atomic E-state index is 12.4. The van der Waals surface area contributed by atoms with Crippen molar-refractivity contribution in [2.45, 2.75) is 25.8 Å². The van der Waals surface area contributed by atoms with Crippen LogP contribution in [-0.2, 0) is 31.2 Å². The number of nitrogens with one attached hydrogen (secondary N) is 1. The number of carbonyl (C=O) groups excluding carboxylic acids is 1. The standard InChI is InChI=1S/C15H18N6O2S/c1-19-15(23)21-8-10(2-3-12(21)18-19)13(22)16-5-4-11-9-20-6-7-24-14(20)17-11/h6-7,9-10H,2-5,8H2,1H3,(H,16,22)/t10-/m1/s1. The van der Waals surface area contributed by atoms with E-state index in [1.54, 1.807) is 23.0 Å². The summed E-state index contributed by atoms with van der Waals surface area (Å²) < 4.78 is 4.93. The molecule has 0 saturated heterocycles. The maximum Gasteiger partial charge on any atom is 0.345 e. The van der Waals surface area contributed by atoms with E-state index >= 15 is 0 Å². The van der Waals surface area contributed by atoms with E-state index in [1.807, 2.05) is 22.2 Å². The molecule has 0 radical (unpaired) electrons. The van der Waals surface area contributed by atoms with Crippen LogP contribution in [0.3, 0.4) is 0 Å². The Bertz CT molecular complexity index is 920. The van der Waals surface area contributed by atoms with Crippen LogP contribution in [0.25, 0.3) is 4.96 Å². The Morgan fingerprint density at radius 2 is 2.38 bits per heavy atom. The first-order valence-electron chi connectivity index (χ1n) is 7.93. The van der Waals surface area contributed by atoms with Gasteiger partial charge in [0.2, 0.25) is 5.91 Å². The lowest BCUT2D eigenvalue weighted by atomic mass is 9.98. The highest BCUT2D eigenvalue weighted by Gasteiger charge is 2.27. The molecule has 3 aromatic heterocycles. The van der Waals surface area contributed by atoms with Gasteiger partial charge >= 0.3 is 5.69 Å². The molecule has 0 saturated carbocycles. The summed E-state index contributed by atoms with van der Waals surface area (Å²) >= 11 is 1.59. The van der Waals surface area contributed by atoms with E-state index in [1.165, 1.54) is 4.68 Å². The van der Waals surface area contributed by atoms with Gasteiger partial charge in [0, 0.05) is 50.8 Å². The minimum Gasteiger partial charge on any atom is -0.355 e. The number of hydrogen-bond donors (Lipinski definition) is 1. The minimum absolute atomic E-state index is 0.00239. The van der Waals surface area contributed by atoms with Crippen LogP contribution in [0.1, 0.15) is 17.9 Å². The van der Waals surface area contributed by atoms with Gasteiger partial charge < -0.3 is 5.32 Å². The van der Waals surface area contributed by atoms with E-state index in [2.05, 4.69) is 15.4 Å². The van der Waals surface area contributed by atoms with Gasteiger partial charge in [-0.1, -0.05) is 0 Å². The fourth-order valence-corrected chi connectivity index (χ4v) is 3.83. The van der Waals surface area contributed by atoms with E-state index in [-0.39, 0.29) is 17.5 Å². The van der Waals surface area contributed by atoms with Gasteiger partial charge in [-0.2, -0.15) is 5.10 Å². The zero-order valence-corrected chi connectivity index (χ0v) is 14.1. The van der Waals surface area contributed by atoms with Crippen LogP contribution >= 0.6 is 11.3 Å². The van der Waals surface area contributed by atoms with Gasteiger partial charge in [-0.25, -0.2) is 14.5 Å². The number of aromatic nitrogens is 5. The van der Waals surface area contributed by atoms with E-state index in [9.17, 15) is 9.59 Å². The molecule has 1 aliphatic heterocycles. The number of amides is 1. The van der Waals surface area contributed by atoms with Crippen LogP contribution in [-0.4, -0.2) is 36.2 Å². The number of imidazole rings is 1. The van der Waals surface area contributed by atoms with Crippen molar-refractivity contribution in [3.8, 4) is 0 Å². The third-order valence-corrected chi connectivity index (χ3v) is 5.17. The van der Waals surface area contributed by atoms with E-state index < -0.39 is 0 Å². The SMILES string of the molecule is Cn1nc2n(c1=O)C[C@H](C(=O)NCCc1cn3ccsc3n1)CC2. The van der Waals surface area contributed by atoms with Crippen LogP contribution < -0.4 is 11.0 Å². The van der Waals surface area contributed by atoms with Crippen molar-refractivity contribution < 1.29 is 4.79 Å². The number of nitrogens with zero attached hydrogens (tertiary/aromatic N) is 5. The molecule has 1 atom stereocenters. The Morgan fingerprint density at radius 1 is 1.50 bits per heavy atom. The summed E-state index contributed by atoms with van der Waals surface area (Å²) in [6.45, 7) is 0.961. The molecular formula is C15H18N6O2S. The molecule has 0 fully saturated rings. The van der Waals surface area contributed by atoms with E-state index in [4.69, 9.17) is 0 Å². The predicted octanol–water partition coefficient (Wildman–Crippen LogP) is 0.212. The number of aryl methyl sites for hydroxylation is 2. The molecule has 1 N–H and O–H groups in total. The number of carbonyl (C=O) groups is 1. The fourth-order valence-electron chi connectivity index (χ4n) is 3.11. The van der Waals surface area contributed by atoms with E-state index in [0.717, 1.165) is 22.9 Å². The van der Waals surface area contributed by atoms with Gasteiger partial charge in [0.15, 0.2) is 4.96 Å².